The van der Waals surface area contributed by atoms with Crippen molar-refractivity contribution in [1.29, 1.82) is 0 Å². The fourth-order valence-corrected chi connectivity index (χ4v) is 5.34. The van der Waals surface area contributed by atoms with Gasteiger partial charge in [-0.25, -0.2) is 4.98 Å². The standard InChI is InChI=1S/C20H26N4O3S/c1-14-4-5-17(28-14)18(25)24-10-15(16-11-22(2)13-21-16)20(12-24)6-7-23(19(20)26)8-9-27-3/h4-5,11,13,15H,6-10,12H2,1-3H3/t15-,20+/m1/s1. The third kappa shape index (κ3) is 3.14. The zero-order valence-corrected chi connectivity index (χ0v) is 17.4. The first-order valence-electron chi connectivity index (χ1n) is 9.56. The van der Waals surface area contributed by atoms with Crippen molar-refractivity contribution in [3.05, 3.63) is 40.1 Å². The van der Waals surface area contributed by atoms with Crippen molar-refractivity contribution >= 4 is 23.2 Å². The van der Waals surface area contributed by atoms with Crippen LogP contribution in [0.3, 0.4) is 0 Å². The van der Waals surface area contributed by atoms with E-state index in [0.717, 1.165) is 21.9 Å². The zero-order chi connectivity index (χ0) is 19.9. The van der Waals surface area contributed by atoms with E-state index < -0.39 is 5.41 Å². The SMILES string of the molecule is COCCN1CC[C@@]2(CN(C(=O)c3ccc(C)s3)C[C@@H]2c2cn(C)cn2)C1=O. The minimum absolute atomic E-state index is 0.0130. The summed E-state index contributed by atoms with van der Waals surface area (Å²) in [6, 6.07) is 3.84. The Labute approximate surface area is 168 Å². The fourth-order valence-electron chi connectivity index (χ4n) is 4.50. The second kappa shape index (κ2) is 7.33. The summed E-state index contributed by atoms with van der Waals surface area (Å²) in [6.07, 6.45) is 4.48. The number of aryl methyl sites for hydroxylation is 2. The monoisotopic (exact) mass is 402 g/mol. The Morgan fingerprint density at radius 3 is 2.89 bits per heavy atom. The molecule has 4 heterocycles. The van der Waals surface area contributed by atoms with Crippen molar-refractivity contribution in [3.8, 4) is 0 Å². The summed E-state index contributed by atoms with van der Waals surface area (Å²) in [7, 11) is 3.57. The van der Waals surface area contributed by atoms with Crippen molar-refractivity contribution in [2.24, 2.45) is 12.5 Å². The summed E-state index contributed by atoms with van der Waals surface area (Å²) in [5.74, 6) is 0.0515. The van der Waals surface area contributed by atoms with Gasteiger partial charge in [0.05, 0.1) is 28.9 Å². The summed E-state index contributed by atoms with van der Waals surface area (Å²) < 4.78 is 7.07. The summed E-state index contributed by atoms with van der Waals surface area (Å²) in [5, 5.41) is 0. The van der Waals surface area contributed by atoms with E-state index in [1.807, 2.05) is 46.7 Å². The molecule has 2 saturated heterocycles. The average Bonchev–Trinajstić information content (AvgIpc) is 3.43. The normalized spacial score (nSPS) is 24.7. The molecular formula is C20H26N4O3S. The number of rotatable bonds is 5. The Morgan fingerprint density at radius 1 is 1.43 bits per heavy atom. The molecule has 2 atom stereocenters. The molecule has 2 aliphatic heterocycles. The van der Waals surface area contributed by atoms with Crippen molar-refractivity contribution in [3.63, 3.8) is 0 Å². The van der Waals surface area contributed by atoms with Gasteiger partial charge in [0.1, 0.15) is 0 Å². The number of ether oxygens (including phenoxy) is 1. The lowest BCUT2D eigenvalue weighted by Gasteiger charge is -2.27. The number of carbonyl (C=O) groups excluding carboxylic acids is 2. The topological polar surface area (TPSA) is 67.7 Å². The second-order valence-electron chi connectivity index (χ2n) is 7.80. The van der Waals surface area contributed by atoms with Crippen molar-refractivity contribution in [1.82, 2.24) is 19.4 Å². The van der Waals surface area contributed by atoms with Gasteiger partial charge in [-0.3, -0.25) is 9.59 Å². The van der Waals surface area contributed by atoms with Crippen molar-refractivity contribution < 1.29 is 14.3 Å². The van der Waals surface area contributed by atoms with Crippen LogP contribution in [-0.4, -0.2) is 71.1 Å². The molecule has 0 N–H and O–H groups in total. The molecule has 0 unspecified atom stereocenters. The van der Waals surface area contributed by atoms with Gasteiger partial charge < -0.3 is 19.1 Å². The van der Waals surface area contributed by atoms with Gasteiger partial charge in [0, 0.05) is 57.3 Å². The molecule has 0 aliphatic carbocycles. The highest BCUT2D eigenvalue weighted by molar-refractivity contribution is 7.13. The van der Waals surface area contributed by atoms with Gasteiger partial charge in [0.25, 0.3) is 5.91 Å². The number of hydrogen-bond donors (Lipinski definition) is 0. The molecule has 2 aromatic rings. The molecule has 0 aromatic carbocycles. The number of methoxy groups -OCH3 is 1. The lowest BCUT2D eigenvalue weighted by Crippen LogP contribution is -2.41. The maximum atomic E-state index is 13.4. The summed E-state index contributed by atoms with van der Waals surface area (Å²) in [6.45, 7) is 4.78. The molecule has 2 aliphatic rings. The third-order valence-electron chi connectivity index (χ3n) is 5.97. The van der Waals surface area contributed by atoms with Gasteiger partial charge in [-0.15, -0.1) is 11.3 Å². The van der Waals surface area contributed by atoms with Crippen LogP contribution in [0.5, 0.6) is 0 Å². The van der Waals surface area contributed by atoms with Crippen molar-refractivity contribution in [2.75, 3.05) is 39.9 Å². The van der Waals surface area contributed by atoms with Crippen LogP contribution in [-0.2, 0) is 16.6 Å². The Kier molecular flexibility index (Phi) is 5.01. The molecule has 2 aromatic heterocycles. The van der Waals surface area contributed by atoms with Crippen molar-refractivity contribution in [2.45, 2.75) is 19.3 Å². The number of nitrogens with zero attached hydrogens (tertiary/aromatic N) is 4. The van der Waals surface area contributed by atoms with E-state index in [1.165, 1.54) is 11.3 Å². The maximum Gasteiger partial charge on any atom is 0.263 e. The minimum Gasteiger partial charge on any atom is -0.383 e. The summed E-state index contributed by atoms with van der Waals surface area (Å²) in [5.41, 5.74) is 0.298. The predicted octanol–water partition coefficient (Wildman–Crippen LogP) is 1.89. The van der Waals surface area contributed by atoms with Gasteiger partial charge >= 0.3 is 0 Å². The van der Waals surface area contributed by atoms with Gasteiger partial charge in [0.2, 0.25) is 5.91 Å². The molecule has 150 valence electrons. The van der Waals surface area contributed by atoms with Gasteiger partial charge in [0.15, 0.2) is 0 Å². The van der Waals surface area contributed by atoms with Crippen LogP contribution in [0.1, 0.15) is 32.6 Å². The van der Waals surface area contributed by atoms with E-state index in [4.69, 9.17) is 4.74 Å². The molecule has 4 rings (SSSR count). The van der Waals surface area contributed by atoms with Crippen LogP contribution < -0.4 is 0 Å². The third-order valence-corrected chi connectivity index (χ3v) is 6.96. The van der Waals surface area contributed by atoms with Crippen LogP contribution in [0.4, 0.5) is 0 Å². The highest BCUT2D eigenvalue weighted by atomic mass is 32.1. The van der Waals surface area contributed by atoms with E-state index in [9.17, 15) is 9.59 Å². The van der Waals surface area contributed by atoms with Gasteiger partial charge in [-0.2, -0.15) is 0 Å². The maximum absolute atomic E-state index is 13.4. The first kappa shape index (κ1) is 19.1. The average molecular weight is 403 g/mol. The van der Waals surface area contributed by atoms with Crippen LogP contribution in [0.15, 0.2) is 24.7 Å². The number of thiophene rings is 1. The lowest BCUT2D eigenvalue weighted by atomic mass is 9.75. The highest BCUT2D eigenvalue weighted by Gasteiger charge is 2.58. The largest absolute Gasteiger partial charge is 0.383 e. The molecule has 2 amide bonds. The Bertz CT molecular complexity index is 892. The van der Waals surface area contributed by atoms with E-state index >= 15 is 0 Å². The van der Waals surface area contributed by atoms with E-state index in [-0.39, 0.29) is 17.7 Å². The fraction of sp³-hybridized carbons (Fsp3) is 0.550. The summed E-state index contributed by atoms with van der Waals surface area (Å²) in [4.78, 5) is 36.7. The Balaban J connectivity index is 1.65. The zero-order valence-electron chi connectivity index (χ0n) is 16.6. The number of hydrogen-bond acceptors (Lipinski definition) is 5. The minimum atomic E-state index is -0.593. The molecule has 2 fully saturated rings. The molecular weight excluding hydrogens is 376 g/mol. The van der Waals surface area contributed by atoms with Crippen LogP contribution in [0.2, 0.25) is 0 Å². The Morgan fingerprint density at radius 2 is 2.25 bits per heavy atom. The second-order valence-corrected chi connectivity index (χ2v) is 9.09. The molecule has 0 radical (unpaired) electrons. The highest BCUT2D eigenvalue weighted by Crippen LogP contribution is 2.49. The van der Waals surface area contributed by atoms with E-state index in [2.05, 4.69) is 4.98 Å². The number of imidazole rings is 1. The molecule has 28 heavy (non-hydrogen) atoms. The lowest BCUT2D eigenvalue weighted by molar-refractivity contribution is -0.136. The smallest absolute Gasteiger partial charge is 0.263 e. The van der Waals surface area contributed by atoms with Crippen LogP contribution in [0.25, 0.3) is 0 Å². The van der Waals surface area contributed by atoms with Gasteiger partial charge in [-0.05, 0) is 25.5 Å². The first-order chi connectivity index (χ1) is 13.4. The van der Waals surface area contributed by atoms with E-state index in [0.29, 0.717) is 32.8 Å². The first-order valence-corrected chi connectivity index (χ1v) is 10.4. The number of aromatic nitrogens is 2. The number of carbonyl (C=O) groups is 2. The van der Waals surface area contributed by atoms with Crippen LogP contribution in [0, 0.1) is 12.3 Å². The number of likely N-dealkylation sites (tertiary alicyclic amines) is 2. The molecule has 1 spiro atoms. The molecule has 8 heteroatoms. The number of amides is 2. The quantitative estimate of drug-likeness (QED) is 0.766. The molecule has 7 nitrogen and oxygen atoms in total. The Hall–Kier alpha value is -2.19. The summed E-state index contributed by atoms with van der Waals surface area (Å²) >= 11 is 1.50. The van der Waals surface area contributed by atoms with Crippen LogP contribution >= 0.6 is 11.3 Å². The predicted molar refractivity (Wildman–Crippen MR) is 106 cm³/mol. The van der Waals surface area contributed by atoms with E-state index in [1.54, 1.807) is 13.4 Å². The van der Waals surface area contributed by atoms with Gasteiger partial charge in [-0.1, -0.05) is 0 Å². The molecule has 0 saturated carbocycles. The molecule has 0 bridgehead atoms.